The van der Waals surface area contributed by atoms with Crippen molar-refractivity contribution in [1.82, 2.24) is 9.97 Å². The van der Waals surface area contributed by atoms with Crippen molar-refractivity contribution in [2.24, 2.45) is 5.73 Å². The van der Waals surface area contributed by atoms with Gasteiger partial charge in [0, 0.05) is 23.8 Å². The lowest BCUT2D eigenvalue weighted by atomic mass is 10.1. The van der Waals surface area contributed by atoms with Gasteiger partial charge in [-0.15, -0.1) is 0 Å². The van der Waals surface area contributed by atoms with Crippen LogP contribution >= 0.6 is 0 Å². The van der Waals surface area contributed by atoms with Crippen LogP contribution in [0.25, 0.3) is 10.8 Å². The Morgan fingerprint density at radius 3 is 2.50 bits per heavy atom. The number of rotatable bonds is 3. The molecule has 0 atom stereocenters. The van der Waals surface area contributed by atoms with E-state index >= 15 is 0 Å². The van der Waals surface area contributed by atoms with Crippen molar-refractivity contribution in [3.8, 4) is 11.6 Å². The van der Waals surface area contributed by atoms with Gasteiger partial charge in [-0.2, -0.15) is 0 Å². The molecule has 2 N–H and O–H groups in total. The van der Waals surface area contributed by atoms with Crippen LogP contribution in [0.4, 0.5) is 0 Å². The predicted molar refractivity (Wildman–Crippen MR) is 78.7 cm³/mol. The molecule has 0 amide bonds. The third-order valence-corrected chi connectivity index (χ3v) is 3.16. The van der Waals surface area contributed by atoms with Gasteiger partial charge in [0.15, 0.2) is 0 Å². The van der Waals surface area contributed by atoms with E-state index in [1.54, 1.807) is 12.4 Å². The van der Waals surface area contributed by atoms with Crippen LogP contribution < -0.4 is 10.5 Å². The van der Waals surface area contributed by atoms with Gasteiger partial charge < -0.3 is 10.5 Å². The minimum absolute atomic E-state index is 0.458. The molecule has 0 fully saturated rings. The maximum absolute atomic E-state index is 5.83. The number of ether oxygens (including phenoxy) is 1. The summed E-state index contributed by atoms with van der Waals surface area (Å²) in [6.07, 6.45) is 3.46. The maximum Gasteiger partial charge on any atom is 0.227 e. The van der Waals surface area contributed by atoms with Crippen LogP contribution in [-0.2, 0) is 6.54 Å². The van der Waals surface area contributed by atoms with Gasteiger partial charge in [-0.25, -0.2) is 4.98 Å². The Kier molecular flexibility index (Phi) is 3.31. The van der Waals surface area contributed by atoms with Crippen LogP contribution in [0.2, 0.25) is 0 Å². The minimum atomic E-state index is 0.458. The van der Waals surface area contributed by atoms with E-state index in [9.17, 15) is 0 Å². The van der Waals surface area contributed by atoms with E-state index in [1.807, 2.05) is 43.3 Å². The first-order chi connectivity index (χ1) is 9.78. The Balaban J connectivity index is 2.06. The van der Waals surface area contributed by atoms with Gasteiger partial charge >= 0.3 is 0 Å². The molecule has 2 aromatic heterocycles. The average Bonchev–Trinajstić information content (AvgIpc) is 2.50. The molecule has 1 aromatic carbocycles. The second kappa shape index (κ2) is 5.27. The predicted octanol–water partition coefficient (Wildman–Crippen LogP) is 3.19. The first-order valence-corrected chi connectivity index (χ1v) is 6.45. The quantitative estimate of drug-likeness (QED) is 0.790. The van der Waals surface area contributed by atoms with Gasteiger partial charge in [0.05, 0.1) is 6.20 Å². The summed E-state index contributed by atoms with van der Waals surface area (Å²) in [4.78, 5) is 8.58. The zero-order valence-electron chi connectivity index (χ0n) is 11.2. The summed E-state index contributed by atoms with van der Waals surface area (Å²) in [6.45, 7) is 2.40. The van der Waals surface area contributed by atoms with Crippen molar-refractivity contribution < 1.29 is 4.74 Å². The standard InChI is InChI=1S/C16H15N3O/c1-11-6-7-13(10-18-11)20-16-15-5-3-2-4-14(15)12(8-17)9-19-16/h2-7,9-10H,8,17H2,1H3. The number of aromatic nitrogens is 2. The SMILES string of the molecule is Cc1ccc(Oc2ncc(CN)c3ccccc23)cn1. The van der Waals surface area contributed by atoms with E-state index in [-0.39, 0.29) is 0 Å². The highest BCUT2D eigenvalue weighted by Gasteiger charge is 2.08. The van der Waals surface area contributed by atoms with Gasteiger partial charge in [-0.1, -0.05) is 18.2 Å². The second-order valence-corrected chi connectivity index (χ2v) is 4.58. The summed E-state index contributed by atoms with van der Waals surface area (Å²) in [7, 11) is 0. The number of benzene rings is 1. The zero-order valence-corrected chi connectivity index (χ0v) is 11.2. The maximum atomic E-state index is 5.83. The molecule has 0 saturated heterocycles. The molecule has 0 unspecified atom stereocenters. The number of fused-ring (bicyclic) bond motifs is 1. The highest BCUT2D eigenvalue weighted by Crippen LogP contribution is 2.29. The second-order valence-electron chi connectivity index (χ2n) is 4.58. The summed E-state index contributed by atoms with van der Waals surface area (Å²) < 4.78 is 5.83. The normalized spacial score (nSPS) is 10.7. The van der Waals surface area contributed by atoms with Crippen molar-refractivity contribution in [3.05, 3.63) is 60.0 Å². The largest absolute Gasteiger partial charge is 0.437 e. The van der Waals surface area contributed by atoms with Crippen LogP contribution in [0.3, 0.4) is 0 Å². The highest BCUT2D eigenvalue weighted by atomic mass is 16.5. The molecule has 3 aromatic rings. The van der Waals surface area contributed by atoms with Crippen LogP contribution in [0.15, 0.2) is 48.8 Å². The van der Waals surface area contributed by atoms with E-state index in [0.29, 0.717) is 18.2 Å². The number of nitrogens with two attached hydrogens (primary N) is 1. The molecule has 2 heterocycles. The molecule has 0 aliphatic carbocycles. The Hall–Kier alpha value is -2.46. The molecule has 4 heteroatoms. The number of hydrogen-bond acceptors (Lipinski definition) is 4. The fourth-order valence-corrected chi connectivity index (χ4v) is 2.10. The molecule has 0 radical (unpaired) electrons. The molecular weight excluding hydrogens is 250 g/mol. The van der Waals surface area contributed by atoms with Crippen molar-refractivity contribution >= 4 is 10.8 Å². The first-order valence-electron chi connectivity index (χ1n) is 6.45. The molecule has 20 heavy (non-hydrogen) atoms. The fraction of sp³-hybridized carbons (Fsp3) is 0.125. The Labute approximate surface area is 117 Å². The first kappa shape index (κ1) is 12.6. The number of pyridine rings is 2. The van der Waals surface area contributed by atoms with Gasteiger partial charge in [0.25, 0.3) is 0 Å². The molecule has 0 aliphatic rings. The van der Waals surface area contributed by atoms with Gasteiger partial charge in [-0.3, -0.25) is 4.98 Å². The monoisotopic (exact) mass is 265 g/mol. The molecule has 0 saturated carbocycles. The molecule has 3 rings (SSSR count). The number of hydrogen-bond donors (Lipinski definition) is 1. The molecule has 4 nitrogen and oxygen atoms in total. The summed E-state index contributed by atoms with van der Waals surface area (Å²) in [6, 6.07) is 11.8. The van der Waals surface area contributed by atoms with E-state index < -0.39 is 0 Å². The Morgan fingerprint density at radius 2 is 1.80 bits per heavy atom. The Morgan fingerprint density at radius 1 is 1.00 bits per heavy atom. The summed E-state index contributed by atoms with van der Waals surface area (Å²) in [5.41, 5.74) is 7.71. The van der Waals surface area contributed by atoms with Gasteiger partial charge in [0.1, 0.15) is 5.75 Å². The van der Waals surface area contributed by atoms with Gasteiger partial charge in [-0.05, 0) is 36.1 Å². The molecular formula is C16H15N3O. The molecule has 100 valence electrons. The molecule has 0 spiro atoms. The third kappa shape index (κ3) is 2.33. The van der Waals surface area contributed by atoms with E-state index in [0.717, 1.165) is 22.0 Å². The average molecular weight is 265 g/mol. The number of aryl methyl sites for hydroxylation is 1. The Bertz CT molecular complexity index is 738. The van der Waals surface area contributed by atoms with E-state index in [4.69, 9.17) is 10.5 Å². The lowest BCUT2D eigenvalue weighted by Crippen LogP contribution is -2.00. The van der Waals surface area contributed by atoms with Crippen LogP contribution in [0.1, 0.15) is 11.3 Å². The van der Waals surface area contributed by atoms with E-state index in [1.165, 1.54) is 0 Å². The van der Waals surface area contributed by atoms with Crippen molar-refractivity contribution in [2.75, 3.05) is 0 Å². The summed E-state index contributed by atoms with van der Waals surface area (Å²) >= 11 is 0. The van der Waals surface area contributed by atoms with E-state index in [2.05, 4.69) is 9.97 Å². The van der Waals surface area contributed by atoms with Crippen LogP contribution in [0.5, 0.6) is 11.6 Å². The topological polar surface area (TPSA) is 61.0 Å². The van der Waals surface area contributed by atoms with Crippen LogP contribution in [-0.4, -0.2) is 9.97 Å². The third-order valence-electron chi connectivity index (χ3n) is 3.16. The molecule has 0 bridgehead atoms. The number of nitrogens with zero attached hydrogens (tertiary/aromatic N) is 2. The molecule has 0 aliphatic heterocycles. The smallest absolute Gasteiger partial charge is 0.227 e. The van der Waals surface area contributed by atoms with Crippen LogP contribution in [0, 0.1) is 6.92 Å². The van der Waals surface area contributed by atoms with Crippen molar-refractivity contribution in [3.63, 3.8) is 0 Å². The van der Waals surface area contributed by atoms with Crippen molar-refractivity contribution in [1.29, 1.82) is 0 Å². The highest BCUT2D eigenvalue weighted by molar-refractivity contribution is 5.89. The minimum Gasteiger partial charge on any atom is -0.437 e. The lowest BCUT2D eigenvalue weighted by molar-refractivity contribution is 0.466. The van der Waals surface area contributed by atoms with Crippen molar-refractivity contribution in [2.45, 2.75) is 13.5 Å². The lowest BCUT2D eigenvalue weighted by Gasteiger charge is -2.10. The summed E-state index contributed by atoms with van der Waals surface area (Å²) in [5, 5.41) is 2.02. The fourth-order valence-electron chi connectivity index (χ4n) is 2.10. The summed E-state index contributed by atoms with van der Waals surface area (Å²) in [5.74, 6) is 1.25. The van der Waals surface area contributed by atoms with Gasteiger partial charge in [0.2, 0.25) is 5.88 Å². The zero-order chi connectivity index (χ0) is 13.9.